The molecule has 18 heavy (non-hydrogen) atoms. The molecule has 0 aliphatic carbocycles. The summed E-state index contributed by atoms with van der Waals surface area (Å²) in [6.07, 6.45) is 0.409. The molecule has 0 aromatic heterocycles. The highest BCUT2D eigenvalue weighted by atomic mass is 16.1. The number of carbonyl (C=O) groups excluding carboxylic acids is 1. The van der Waals surface area contributed by atoms with E-state index in [1.807, 2.05) is 0 Å². The normalized spacial score (nSPS) is 10.1. The number of para-hydroxylation sites is 1. The van der Waals surface area contributed by atoms with E-state index in [9.17, 15) is 4.79 Å². The summed E-state index contributed by atoms with van der Waals surface area (Å²) in [4.78, 5) is 11.7. The van der Waals surface area contributed by atoms with E-state index >= 15 is 0 Å². The van der Waals surface area contributed by atoms with Gasteiger partial charge < -0.3 is 10.6 Å². The number of carbonyl (C=O) groups is 1. The van der Waals surface area contributed by atoms with Gasteiger partial charge >= 0.3 is 0 Å². The van der Waals surface area contributed by atoms with E-state index in [1.54, 1.807) is 24.3 Å². The van der Waals surface area contributed by atoms with Gasteiger partial charge in [0.1, 0.15) is 6.07 Å². The third-order valence-electron chi connectivity index (χ3n) is 2.40. The number of amides is 1. The van der Waals surface area contributed by atoms with Gasteiger partial charge in [-0.3, -0.25) is 4.79 Å². The first-order valence-corrected chi connectivity index (χ1v) is 6.13. The quantitative estimate of drug-likeness (QED) is 0.755. The lowest BCUT2D eigenvalue weighted by atomic mass is 10.2. The molecule has 96 valence electrons. The van der Waals surface area contributed by atoms with Gasteiger partial charge in [0.05, 0.1) is 11.3 Å². The molecule has 1 aromatic rings. The van der Waals surface area contributed by atoms with Crippen molar-refractivity contribution in [2.75, 3.05) is 18.4 Å². The monoisotopic (exact) mass is 245 g/mol. The minimum absolute atomic E-state index is 0.0750. The van der Waals surface area contributed by atoms with Crippen LogP contribution in [0.5, 0.6) is 0 Å². The maximum atomic E-state index is 11.7. The standard InChI is InChI=1S/C14H19N3O/c1-11(2)10-16-8-7-14(18)17-13-6-4-3-5-12(13)9-15/h3-6,11,16H,7-8,10H2,1-2H3,(H,17,18). The van der Waals surface area contributed by atoms with Crippen molar-refractivity contribution >= 4 is 11.6 Å². The molecule has 0 saturated heterocycles. The Morgan fingerprint density at radius 1 is 1.39 bits per heavy atom. The zero-order valence-electron chi connectivity index (χ0n) is 10.9. The molecule has 1 aromatic carbocycles. The Kier molecular flexibility index (Phi) is 5.89. The third kappa shape index (κ3) is 4.98. The maximum absolute atomic E-state index is 11.7. The van der Waals surface area contributed by atoms with Gasteiger partial charge in [-0.05, 0) is 24.6 Å². The van der Waals surface area contributed by atoms with Crippen LogP contribution in [0.15, 0.2) is 24.3 Å². The number of nitrogens with zero attached hydrogens (tertiary/aromatic N) is 1. The van der Waals surface area contributed by atoms with Crippen LogP contribution in [-0.4, -0.2) is 19.0 Å². The van der Waals surface area contributed by atoms with Gasteiger partial charge in [-0.15, -0.1) is 0 Å². The highest BCUT2D eigenvalue weighted by Gasteiger charge is 2.05. The first kappa shape index (κ1) is 14.2. The van der Waals surface area contributed by atoms with E-state index in [0.29, 0.717) is 30.1 Å². The zero-order valence-corrected chi connectivity index (χ0v) is 10.9. The van der Waals surface area contributed by atoms with E-state index < -0.39 is 0 Å². The van der Waals surface area contributed by atoms with E-state index in [0.717, 1.165) is 6.54 Å². The van der Waals surface area contributed by atoms with Crippen molar-refractivity contribution in [2.24, 2.45) is 5.92 Å². The van der Waals surface area contributed by atoms with Crippen molar-refractivity contribution in [3.05, 3.63) is 29.8 Å². The van der Waals surface area contributed by atoms with Crippen molar-refractivity contribution < 1.29 is 4.79 Å². The van der Waals surface area contributed by atoms with Gasteiger partial charge in [0, 0.05) is 13.0 Å². The van der Waals surface area contributed by atoms with Crippen LogP contribution in [-0.2, 0) is 4.79 Å². The number of benzene rings is 1. The van der Waals surface area contributed by atoms with Crippen LogP contribution >= 0.6 is 0 Å². The minimum Gasteiger partial charge on any atom is -0.325 e. The Bertz CT molecular complexity index is 435. The van der Waals surface area contributed by atoms with Crippen molar-refractivity contribution in [3.63, 3.8) is 0 Å². The fourth-order valence-electron chi connectivity index (χ4n) is 1.49. The van der Waals surface area contributed by atoms with Crippen molar-refractivity contribution in [2.45, 2.75) is 20.3 Å². The number of anilines is 1. The molecule has 0 atom stereocenters. The molecule has 0 heterocycles. The molecule has 4 nitrogen and oxygen atoms in total. The fourth-order valence-corrected chi connectivity index (χ4v) is 1.49. The van der Waals surface area contributed by atoms with Gasteiger partial charge in [0.2, 0.25) is 5.91 Å². The second kappa shape index (κ2) is 7.46. The number of hydrogen-bond acceptors (Lipinski definition) is 3. The second-order valence-electron chi connectivity index (χ2n) is 4.55. The summed E-state index contributed by atoms with van der Waals surface area (Å²) >= 11 is 0. The smallest absolute Gasteiger partial charge is 0.225 e. The lowest BCUT2D eigenvalue weighted by molar-refractivity contribution is -0.116. The average Bonchev–Trinajstić information content (AvgIpc) is 2.35. The molecule has 0 spiro atoms. The van der Waals surface area contributed by atoms with E-state index in [-0.39, 0.29) is 5.91 Å². The van der Waals surface area contributed by atoms with Crippen LogP contribution < -0.4 is 10.6 Å². The molecule has 4 heteroatoms. The Morgan fingerprint density at radius 2 is 2.11 bits per heavy atom. The third-order valence-corrected chi connectivity index (χ3v) is 2.40. The summed E-state index contributed by atoms with van der Waals surface area (Å²) in [7, 11) is 0. The van der Waals surface area contributed by atoms with Crippen LogP contribution in [0.4, 0.5) is 5.69 Å². The largest absolute Gasteiger partial charge is 0.325 e. The molecule has 0 bridgehead atoms. The molecule has 1 rings (SSSR count). The Morgan fingerprint density at radius 3 is 2.78 bits per heavy atom. The van der Waals surface area contributed by atoms with E-state index in [1.165, 1.54) is 0 Å². The van der Waals surface area contributed by atoms with Gasteiger partial charge in [-0.2, -0.15) is 5.26 Å². The number of nitrogens with one attached hydrogen (secondary N) is 2. The molecule has 0 aliphatic heterocycles. The molecule has 0 saturated carbocycles. The molecular weight excluding hydrogens is 226 g/mol. The predicted molar refractivity (Wildman–Crippen MR) is 72.1 cm³/mol. The van der Waals surface area contributed by atoms with Crippen LogP contribution in [0.2, 0.25) is 0 Å². The predicted octanol–water partition coefficient (Wildman–Crippen LogP) is 2.13. The van der Waals surface area contributed by atoms with Crippen molar-refractivity contribution in [1.29, 1.82) is 5.26 Å². The van der Waals surface area contributed by atoms with Crippen LogP contribution in [0.3, 0.4) is 0 Å². The molecule has 0 unspecified atom stereocenters. The second-order valence-corrected chi connectivity index (χ2v) is 4.55. The topological polar surface area (TPSA) is 64.9 Å². The van der Waals surface area contributed by atoms with Gasteiger partial charge in [-0.1, -0.05) is 26.0 Å². The van der Waals surface area contributed by atoms with E-state index in [2.05, 4.69) is 30.6 Å². The van der Waals surface area contributed by atoms with Crippen LogP contribution in [0.25, 0.3) is 0 Å². The first-order valence-electron chi connectivity index (χ1n) is 6.13. The molecule has 2 N–H and O–H groups in total. The number of nitriles is 1. The van der Waals surface area contributed by atoms with Gasteiger partial charge in [0.25, 0.3) is 0 Å². The SMILES string of the molecule is CC(C)CNCCC(=O)Nc1ccccc1C#N. The maximum Gasteiger partial charge on any atom is 0.225 e. The molecule has 0 fully saturated rings. The number of rotatable bonds is 6. The summed E-state index contributed by atoms with van der Waals surface area (Å²) in [5, 5.41) is 14.8. The lowest BCUT2D eigenvalue weighted by Crippen LogP contribution is -2.25. The Hall–Kier alpha value is -1.86. The molecule has 1 amide bonds. The zero-order chi connectivity index (χ0) is 13.4. The highest BCUT2D eigenvalue weighted by molar-refractivity contribution is 5.92. The van der Waals surface area contributed by atoms with Gasteiger partial charge in [0.15, 0.2) is 0 Å². The first-order chi connectivity index (χ1) is 8.63. The average molecular weight is 245 g/mol. The molecule has 0 aliphatic rings. The summed E-state index contributed by atoms with van der Waals surface area (Å²) in [5.74, 6) is 0.501. The lowest BCUT2D eigenvalue weighted by Gasteiger charge is -2.08. The summed E-state index contributed by atoms with van der Waals surface area (Å²) in [6, 6.07) is 9.05. The summed E-state index contributed by atoms with van der Waals surface area (Å²) in [6.45, 7) is 5.80. The highest BCUT2D eigenvalue weighted by Crippen LogP contribution is 2.13. The van der Waals surface area contributed by atoms with Crippen LogP contribution in [0.1, 0.15) is 25.8 Å². The van der Waals surface area contributed by atoms with Gasteiger partial charge in [-0.25, -0.2) is 0 Å². The number of hydrogen-bond donors (Lipinski definition) is 2. The summed E-state index contributed by atoms with van der Waals surface area (Å²) in [5.41, 5.74) is 1.06. The van der Waals surface area contributed by atoms with Crippen molar-refractivity contribution in [3.8, 4) is 6.07 Å². The van der Waals surface area contributed by atoms with Crippen LogP contribution in [0, 0.1) is 17.2 Å². The Balaban J connectivity index is 2.38. The minimum atomic E-state index is -0.0750. The van der Waals surface area contributed by atoms with Crippen molar-refractivity contribution in [1.82, 2.24) is 5.32 Å². The summed E-state index contributed by atoms with van der Waals surface area (Å²) < 4.78 is 0. The molecular formula is C14H19N3O. The fraction of sp³-hybridized carbons (Fsp3) is 0.429. The molecule has 0 radical (unpaired) electrons. The van der Waals surface area contributed by atoms with E-state index in [4.69, 9.17) is 5.26 Å². The Labute approximate surface area is 108 Å².